The maximum absolute atomic E-state index is 12.7. The summed E-state index contributed by atoms with van der Waals surface area (Å²) in [4.78, 5) is 38.5. The van der Waals surface area contributed by atoms with Crippen molar-refractivity contribution >= 4 is 34.9 Å². The fourth-order valence-corrected chi connectivity index (χ4v) is 3.37. The minimum absolute atomic E-state index is 0.0753. The van der Waals surface area contributed by atoms with Crippen LogP contribution in [0.15, 0.2) is 36.4 Å². The minimum atomic E-state index is -2.76. The highest BCUT2D eigenvalue weighted by Crippen LogP contribution is 2.37. The molecule has 1 aliphatic carbocycles. The Hall–Kier alpha value is -4.61. The van der Waals surface area contributed by atoms with Crippen molar-refractivity contribution in [2.45, 2.75) is 12.8 Å². The summed E-state index contributed by atoms with van der Waals surface area (Å²) >= 11 is 0. The lowest BCUT2D eigenvalue weighted by atomic mass is 10.1. The molecule has 0 bridgehead atoms. The third-order valence-corrected chi connectivity index (χ3v) is 5.38. The van der Waals surface area contributed by atoms with Gasteiger partial charge in [0.15, 0.2) is 23.0 Å². The van der Waals surface area contributed by atoms with E-state index in [2.05, 4.69) is 31.0 Å². The molecule has 0 unspecified atom stereocenters. The number of anilines is 3. The van der Waals surface area contributed by atoms with Crippen LogP contribution in [0.25, 0.3) is 11.3 Å². The Morgan fingerprint density at radius 1 is 1.06 bits per heavy atom. The lowest BCUT2D eigenvalue weighted by Gasteiger charge is -2.17. The molecule has 0 saturated heterocycles. The lowest BCUT2D eigenvalue weighted by molar-refractivity contribution is -0.117. The van der Waals surface area contributed by atoms with Gasteiger partial charge in [-0.3, -0.25) is 14.4 Å². The van der Waals surface area contributed by atoms with Crippen LogP contribution >= 0.6 is 0 Å². The van der Waals surface area contributed by atoms with Crippen molar-refractivity contribution in [3.8, 4) is 17.0 Å². The standard InChI is InChI=1S/C24H26N8O4/c1-25-23(34)20-18(12-19(30-31-20)27-22(33)13-8-9-13)26-16-7-5-6-14(21(16)36-4)15-10-11-17(29-28-15)24(35)32(2)3/h5-7,10-13H,8-9H2,1-4H3,(H,25,34)(H2,26,27,30,33)/i1D3. The van der Waals surface area contributed by atoms with Crippen molar-refractivity contribution in [2.75, 3.05) is 38.8 Å². The highest BCUT2D eigenvalue weighted by Gasteiger charge is 2.30. The number of hydrogen-bond donors (Lipinski definition) is 3. The summed E-state index contributed by atoms with van der Waals surface area (Å²) in [5.74, 6) is -1.20. The van der Waals surface area contributed by atoms with Crippen LogP contribution in [0.2, 0.25) is 0 Å². The van der Waals surface area contributed by atoms with E-state index in [-0.39, 0.29) is 40.6 Å². The molecule has 0 aliphatic heterocycles. The van der Waals surface area contributed by atoms with Crippen molar-refractivity contribution in [2.24, 2.45) is 5.92 Å². The number of carbonyl (C=O) groups is 3. The van der Waals surface area contributed by atoms with E-state index in [9.17, 15) is 14.4 Å². The molecular formula is C24H26N8O4. The fourth-order valence-electron chi connectivity index (χ4n) is 3.37. The molecule has 1 aromatic carbocycles. The molecule has 2 heterocycles. The van der Waals surface area contributed by atoms with Crippen molar-refractivity contribution in [3.05, 3.63) is 47.8 Å². The molecule has 4 rings (SSSR count). The van der Waals surface area contributed by atoms with Crippen LogP contribution in [-0.2, 0) is 4.79 Å². The summed E-state index contributed by atoms with van der Waals surface area (Å²) in [5.41, 5.74) is 1.25. The first-order valence-electron chi connectivity index (χ1n) is 12.5. The highest BCUT2D eigenvalue weighted by atomic mass is 16.5. The third-order valence-electron chi connectivity index (χ3n) is 5.38. The molecule has 1 aliphatic rings. The van der Waals surface area contributed by atoms with E-state index in [0.717, 1.165) is 12.8 Å². The van der Waals surface area contributed by atoms with Gasteiger partial charge >= 0.3 is 0 Å². The lowest BCUT2D eigenvalue weighted by Crippen LogP contribution is -2.23. The monoisotopic (exact) mass is 493 g/mol. The molecular weight excluding hydrogens is 464 g/mol. The molecule has 12 nitrogen and oxygen atoms in total. The predicted molar refractivity (Wildman–Crippen MR) is 132 cm³/mol. The molecule has 3 amide bonds. The Morgan fingerprint density at radius 2 is 1.86 bits per heavy atom. The third kappa shape index (κ3) is 5.22. The largest absolute Gasteiger partial charge is 0.494 e. The van der Waals surface area contributed by atoms with E-state index < -0.39 is 12.9 Å². The van der Waals surface area contributed by atoms with Gasteiger partial charge in [-0.2, -0.15) is 0 Å². The maximum Gasteiger partial charge on any atom is 0.273 e. The smallest absolute Gasteiger partial charge is 0.273 e. The van der Waals surface area contributed by atoms with Gasteiger partial charge in [-0.05, 0) is 37.1 Å². The van der Waals surface area contributed by atoms with Crippen LogP contribution < -0.4 is 20.7 Å². The first kappa shape index (κ1) is 20.7. The van der Waals surface area contributed by atoms with Gasteiger partial charge in [0.25, 0.3) is 11.8 Å². The van der Waals surface area contributed by atoms with Crippen LogP contribution in [0.4, 0.5) is 17.2 Å². The Bertz CT molecular complexity index is 1410. The molecule has 186 valence electrons. The molecule has 1 saturated carbocycles. The first-order valence-corrected chi connectivity index (χ1v) is 11.0. The van der Waals surface area contributed by atoms with E-state index in [4.69, 9.17) is 8.85 Å². The predicted octanol–water partition coefficient (Wildman–Crippen LogP) is 2.10. The quantitative estimate of drug-likeness (QED) is 0.428. The van der Waals surface area contributed by atoms with Gasteiger partial charge in [0, 0.05) is 42.7 Å². The number of amides is 3. The zero-order valence-electron chi connectivity index (χ0n) is 22.8. The topological polar surface area (TPSA) is 151 Å². The van der Waals surface area contributed by atoms with Gasteiger partial charge in [0.05, 0.1) is 24.2 Å². The minimum Gasteiger partial charge on any atom is -0.494 e. The number of benzene rings is 1. The van der Waals surface area contributed by atoms with Gasteiger partial charge in [-0.25, -0.2) is 0 Å². The van der Waals surface area contributed by atoms with E-state index in [1.54, 1.807) is 44.4 Å². The molecule has 1 fully saturated rings. The summed E-state index contributed by atoms with van der Waals surface area (Å²) in [6, 6.07) is 9.65. The number of rotatable bonds is 8. The number of para-hydroxylation sites is 1. The second-order valence-corrected chi connectivity index (χ2v) is 8.22. The number of carbonyl (C=O) groups excluding carboxylic acids is 3. The molecule has 36 heavy (non-hydrogen) atoms. The van der Waals surface area contributed by atoms with E-state index >= 15 is 0 Å². The molecule has 2 aromatic heterocycles. The summed E-state index contributed by atoms with van der Waals surface area (Å²) in [7, 11) is 4.66. The van der Waals surface area contributed by atoms with E-state index in [1.165, 1.54) is 18.1 Å². The molecule has 0 radical (unpaired) electrons. The summed E-state index contributed by atoms with van der Waals surface area (Å²) in [5, 5.41) is 23.5. The second kappa shape index (κ2) is 10.3. The zero-order chi connectivity index (χ0) is 28.3. The Labute approximate surface area is 211 Å². The van der Waals surface area contributed by atoms with Crippen LogP contribution in [0.1, 0.15) is 37.9 Å². The maximum atomic E-state index is 12.7. The Balaban J connectivity index is 1.70. The zero-order valence-corrected chi connectivity index (χ0v) is 19.8. The van der Waals surface area contributed by atoms with Gasteiger partial charge in [-0.1, -0.05) is 6.07 Å². The van der Waals surface area contributed by atoms with Crippen LogP contribution in [0, 0.1) is 5.92 Å². The van der Waals surface area contributed by atoms with Crippen molar-refractivity contribution in [3.63, 3.8) is 0 Å². The Morgan fingerprint density at radius 3 is 2.50 bits per heavy atom. The SMILES string of the molecule is [2H]C([2H])([2H])NC(=O)c1nnc(NC(=O)C2CC2)cc1Nc1cccc(-c2ccc(C(=O)N(C)C)nn2)c1OC. The Kier molecular flexibility index (Phi) is 5.95. The van der Waals surface area contributed by atoms with Crippen LogP contribution in [0.3, 0.4) is 0 Å². The van der Waals surface area contributed by atoms with Gasteiger partial charge in [0.1, 0.15) is 0 Å². The average molecular weight is 494 g/mol. The molecule has 12 heteroatoms. The highest BCUT2D eigenvalue weighted by molar-refractivity contribution is 6.00. The van der Waals surface area contributed by atoms with Crippen LogP contribution in [0.5, 0.6) is 5.75 Å². The second-order valence-electron chi connectivity index (χ2n) is 8.22. The summed E-state index contributed by atoms with van der Waals surface area (Å²) in [6.07, 6.45) is 1.56. The van der Waals surface area contributed by atoms with Crippen LogP contribution in [-0.4, -0.2) is 71.2 Å². The molecule has 3 aromatic rings. The molecule has 0 atom stereocenters. The van der Waals surface area contributed by atoms with E-state index in [1.807, 2.05) is 5.32 Å². The number of hydrogen-bond acceptors (Lipinski definition) is 9. The van der Waals surface area contributed by atoms with Gasteiger partial charge in [0.2, 0.25) is 5.91 Å². The number of nitrogens with zero attached hydrogens (tertiary/aromatic N) is 5. The van der Waals surface area contributed by atoms with Gasteiger partial charge in [-0.15, -0.1) is 20.4 Å². The molecule has 3 N–H and O–H groups in total. The number of ether oxygens (including phenoxy) is 1. The molecule has 0 spiro atoms. The van der Waals surface area contributed by atoms with Crippen molar-refractivity contribution in [1.82, 2.24) is 30.6 Å². The number of methoxy groups -OCH3 is 1. The summed E-state index contributed by atoms with van der Waals surface area (Å²) in [6.45, 7) is -2.76. The number of aromatic nitrogens is 4. The van der Waals surface area contributed by atoms with E-state index in [0.29, 0.717) is 22.7 Å². The van der Waals surface area contributed by atoms with Gasteiger partial charge < -0.3 is 25.6 Å². The van der Waals surface area contributed by atoms with Crippen molar-refractivity contribution < 1.29 is 23.2 Å². The fraction of sp³-hybridized carbons (Fsp3) is 0.292. The number of nitrogens with one attached hydrogen (secondary N) is 3. The summed E-state index contributed by atoms with van der Waals surface area (Å²) < 4.78 is 27.7. The first-order chi connectivity index (χ1) is 18.5. The van der Waals surface area contributed by atoms with Crippen molar-refractivity contribution in [1.29, 1.82) is 0 Å². The average Bonchev–Trinajstić information content (AvgIpc) is 3.73. The normalized spacial score (nSPS) is 14.0.